The van der Waals surface area contributed by atoms with E-state index >= 15 is 0 Å². The maximum absolute atomic E-state index is 13.4. The monoisotopic (exact) mass is 562 g/mol. The van der Waals surface area contributed by atoms with Gasteiger partial charge in [-0.2, -0.15) is 13.2 Å². The van der Waals surface area contributed by atoms with E-state index in [2.05, 4.69) is 25.0 Å². The molecule has 0 radical (unpaired) electrons. The summed E-state index contributed by atoms with van der Waals surface area (Å²) in [6.07, 6.45) is -2.98. The third kappa shape index (κ3) is 4.13. The van der Waals surface area contributed by atoms with Crippen molar-refractivity contribution in [2.75, 3.05) is 0 Å². The van der Waals surface area contributed by atoms with Gasteiger partial charge >= 0.3 is 203 Å². The molecule has 184 valence electrons. The summed E-state index contributed by atoms with van der Waals surface area (Å²) in [5.41, 5.74) is 3.73. The molecule has 0 saturated heterocycles. The number of carbonyl (C=O) groups excluding carboxylic acids is 1. The molecule has 2 aromatic carbocycles. The number of ketones is 1. The fourth-order valence-corrected chi connectivity index (χ4v) is 5.18. The summed E-state index contributed by atoms with van der Waals surface area (Å²) in [7, 11) is 0. The van der Waals surface area contributed by atoms with E-state index in [1.54, 1.807) is 35.1 Å². The molecule has 0 fully saturated rings. The number of carbonyl (C=O) groups is 1. The number of rotatable bonds is 4. The Morgan fingerprint density at radius 3 is 2.62 bits per heavy atom. The van der Waals surface area contributed by atoms with Crippen molar-refractivity contribution >= 4 is 49.1 Å². The number of hydrogen-bond donors (Lipinski definition) is 2. The Morgan fingerprint density at radius 2 is 1.81 bits per heavy atom. The average molecular weight is 562 g/mol. The van der Waals surface area contributed by atoms with Crippen LogP contribution in [0.15, 0.2) is 66.9 Å². The van der Waals surface area contributed by atoms with Gasteiger partial charge in [0.1, 0.15) is 0 Å². The van der Waals surface area contributed by atoms with Gasteiger partial charge in [-0.3, -0.25) is 0 Å². The van der Waals surface area contributed by atoms with E-state index < -0.39 is 11.9 Å². The van der Waals surface area contributed by atoms with Crippen molar-refractivity contribution in [1.29, 1.82) is 0 Å². The van der Waals surface area contributed by atoms with Crippen molar-refractivity contribution in [2.45, 2.75) is 13.1 Å². The van der Waals surface area contributed by atoms with Gasteiger partial charge in [-0.15, -0.1) is 0 Å². The second-order valence-electron chi connectivity index (χ2n) is 8.60. The number of imidazole rings is 1. The number of aromatic amines is 2. The van der Waals surface area contributed by atoms with Gasteiger partial charge in [0.25, 0.3) is 0 Å². The predicted molar refractivity (Wildman–Crippen MR) is 136 cm³/mol. The van der Waals surface area contributed by atoms with E-state index in [4.69, 9.17) is 0 Å². The Balaban J connectivity index is 1.33. The molecule has 6 rings (SSSR count). The molecular weight excluding hydrogens is 544 g/mol. The van der Waals surface area contributed by atoms with Crippen molar-refractivity contribution in [3.8, 4) is 16.9 Å². The summed E-state index contributed by atoms with van der Waals surface area (Å²) in [6, 6.07) is 16.4. The first-order valence-electron chi connectivity index (χ1n) is 11.2. The first kappa shape index (κ1) is 23.2. The molecule has 11 heteroatoms. The molecular formula is C26H18AsF3N6O. The van der Waals surface area contributed by atoms with Crippen molar-refractivity contribution < 1.29 is 18.0 Å². The Bertz CT molecular complexity index is 1830. The van der Waals surface area contributed by atoms with Crippen LogP contribution < -0.4 is 4.48 Å². The molecule has 0 aliphatic rings. The third-order valence-electron chi connectivity index (χ3n) is 6.08. The molecule has 0 aliphatic heterocycles. The Hall–Kier alpha value is -4.17. The molecule has 6 aromatic rings. The Labute approximate surface area is 216 Å². The molecule has 4 aromatic heterocycles. The van der Waals surface area contributed by atoms with Gasteiger partial charge in [0, 0.05) is 0 Å². The summed E-state index contributed by atoms with van der Waals surface area (Å²) in [5.74, 6) is 0.590. The van der Waals surface area contributed by atoms with E-state index in [1.165, 1.54) is 29.0 Å². The molecule has 0 bridgehead atoms. The van der Waals surface area contributed by atoms with E-state index in [9.17, 15) is 18.0 Å². The molecule has 2 N–H and O–H groups in total. The predicted octanol–water partition coefficient (Wildman–Crippen LogP) is 4.11. The van der Waals surface area contributed by atoms with E-state index in [0.717, 1.165) is 38.5 Å². The van der Waals surface area contributed by atoms with Crippen LogP contribution >= 0.6 is 0 Å². The number of benzene rings is 2. The number of pyridine rings is 1. The Morgan fingerprint density at radius 1 is 0.973 bits per heavy atom. The standard InChI is InChI=1S/C26H18AsF3N6O/c1-13-32-19-8-7-16(11-21(19)33-13)36-25(27)17(12-31-36)24(37)22-10-15-6-5-14(9-20(15)34-22)18-3-2-4-23(35-18)26(28,29)30/h2-12,34H,27H2,1H3,(H,32,33). The zero-order chi connectivity index (χ0) is 25.9. The second-order valence-corrected chi connectivity index (χ2v) is 9.75. The van der Waals surface area contributed by atoms with Gasteiger partial charge in [0.15, 0.2) is 0 Å². The van der Waals surface area contributed by atoms with Crippen LogP contribution in [0.3, 0.4) is 0 Å². The molecule has 37 heavy (non-hydrogen) atoms. The summed E-state index contributed by atoms with van der Waals surface area (Å²) in [5, 5.41) is 5.20. The second kappa shape index (κ2) is 8.45. The topological polar surface area (TPSA) is 92.2 Å². The van der Waals surface area contributed by atoms with E-state index in [0.29, 0.717) is 22.3 Å². The van der Waals surface area contributed by atoms with Gasteiger partial charge in [-0.1, -0.05) is 0 Å². The van der Waals surface area contributed by atoms with Crippen LogP contribution in [0.2, 0.25) is 0 Å². The molecule has 7 nitrogen and oxygen atoms in total. The number of fused-ring (bicyclic) bond motifs is 2. The summed E-state index contributed by atoms with van der Waals surface area (Å²) >= 11 is 1.26. The quantitative estimate of drug-likeness (QED) is 0.250. The van der Waals surface area contributed by atoms with Gasteiger partial charge in [0.2, 0.25) is 0 Å². The van der Waals surface area contributed by atoms with Crippen molar-refractivity contribution in [3.05, 3.63) is 89.6 Å². The number of nitrogens with zero attached hydrogens (tertiary/aromatic N) is 4. The SMILES string of the molecule is Cc1nc2cc(-n3ncc(C(=O)c4cc5ccc(-c6cccc(C(F)(F)F)n6)cc5[nH]4)c3[AsH2])ccc2[nH]1. The van der Waals surface area contributed by atoms with Gasteiger partial charge in [-0.25, -0.2) is 0 Å². The van der Waals surface area contributed by atoms with Crippen LogP contribution in [-0.4, -0.2) is 52.4 Å². The van der Waals surface area contributed by atoms with Crippen molar-refractivity contribution in [2.24, 2.45) is 0 Å². The van der Waals surface area contributed by atoms with E-state index in [-0.39, 0.29) is 11.5 Å². The minimum atomic E-state index is -4.53. The summed E-state index contributed by atoms with van der Waals surface area (Å²) in [4.78, 5) is 27.9. The van der Waals surface area contributed by atoms with Crippen molar-refractivity contribution in [1.82, 2.24) is 29.7 Å². The molecule has 1 unspecified atom stereocenters. The van der Waals surface area contributed by atoms with Gasteiger partial charge in [0.05, 0.1) is 0 Å². The minimum absolute atomic E-state index is 0.197. The van der Waals surface area contributed by atoms with Crippen LogP contribution in [0.5, 0.6) is 0 Å². The molecule has 0 aliphatic carbocycles. The number of aryl methyl sites for hydroxylation is 1. The van der Waals surface area contributed by atoms with Crippen LogP contribution in [0.25, 0.3) is 38.9 Å². The summed E-state index contributed by atoms with van der Waals surface area (Å²) < 4.78 is 41.7. The number of aromatic nitrogens is 6. The van der Waals surface area contributed by atoms with Crippen molar-refractivity contribution in [3.63, 3.8) is 0 Å². The van der Waals surface area contributed by atoms with Crippen LogP contribution in [0, 0.1) is 6.92 Å². The van der Waals surface area contributed by atoms with Gasteiger partial charge < -0.3 is 0 Å². The maximum atomic E-state index is 13.4. The average Bonchev–Trinajstić information content (AvgIpc) is 3.57. The normalized spacial score (nSPS) is 12.0. The van der Waals surface area contributed by atoms with Crippen LogP contribution in [-0.2, 0) is 6.18 Å². The summed E-state index contributed by atoms with van der Waals surface area (Å²) in [6.45, 7) is 1.89. The molecule has 0 saturated carbocycles. The molecule has 4 heterocycles. The molecule has 1 atom stereocenters. The number of hydrogen-bond acceptors (Lipinski definition) is 4. The Kier molecular flexibility index (Phi) is 5.31. The zero-order valence-corrected chi connectivity index (χ0v) is 21.7. The van der Waals surface area contributed by atoms with Crippen LogP contribution in [0.4, 0.5) is 13.2 Å². The number of alkyl halides is 3. The number of H-pyrrole nitrogens is 2. The van der Waals surface area contributed by atoms with E-state index in [1.807, 2.05) is 25.1 Å². The number of halogens is 3. The zero-order valence-electron chi connectivity index (χ0n) is 19.3. The number of nitrogens with one attached hydrogen (secondary N) is 2. The first-order chi connectivity index (χ1) is 17.7. The first-order valence-corrected chi connectivity index (χ1v) is 12.4. The fourth-order valence-electron chi connectivity index (χ4n) is 4.30. The van der Waals surface area contributed by atoms with Crippen LogP contribution in [0.1, 0.15) is 27.6 Å². The van der Waals surface area contributed by atoms with Gasteiger partial charge in [-0.05, 0) is 0 Å². The molecule has 0 spiro atoms. The fraction of sp³-hybridized carbons (Fsp3) is 0.0769. The molecule has 0 amide bonds. The third-order valence-corrected chi connectivity index (χ3v) is 7.25.